The van der Waals surface area contributed by atoms with Crippen LogP contribution in [0, 0.1) is 12.1 Å². The Balaban J connectivity index is 1.22. The zero-order chi connectivity index (χ0) is 42.2. The fraction of sp³-hybridized carbons (Fsp3) is 0.0820. The number of rotatable bonds is 9. The molecular weight excluding hydrogens is 747 g/mol. The summed E-state index contributed by atoms with van der Waals surface area (Å²) in [5.41, 5.74) is 19.9. The summed E-state index contributed by atoms with van der Waals surface area (Å²) in [6.45, 7) is 9.07. The van der Waals surface area contributed by atoms with E-state index in [2.05, 4.69) is 251 Å². The van der Waals surface area contributed by atoms with Crippen molar-refractivity contribution in [1.82, 2.24) is 0 Å². The second-order valence-electron chi connectivity index (χ2n) is 16.7. The minimum atomic E-state index is -0.251. The number of fused-ring (bicyclic) bond motifs is 4. The Hall–Kier alpha value is -7.66. The molecule has 1 aliphatic rings. The topological polar surface area (TPSA) is 3.24 Å². The third kappa shape index (κ3) is 6.71. The van der Waals surface area contributed by atoms with Crippen molar-refractivity contribution in [1.29, 1.82) is 0 Å². The Morgan fingerprint density at radius 1 is 0.532 bits per heavy atom. The molecule has 0 aliphatic heterocycles. The molecule has 0 bridgehead atoms. The minimum Gasteiger partial charge on any atom is -0.302 e. The van der Waals surface area contributed by atoms with Gasteiger partial charge in [0.25, 0.3) is 0 Å². The third-order valence-electron chi connectivity index (χ3n) is 12.6. The van der Waals surface area contributed by atoms with Gasteiger partial charge in [-0.05, 0) is 134 Å². The molecule has 0 aromatic heterocycles. The molecule has 0 N–H and O–H groups in total. The molecule has 0 fully saturated rings. The summed E-state index contributed by atoms with van der Waals surface area (Å²) in [5.74, 6) is 0. The van der Waals surface area contributed by atoms with E-state index in [1.807, 2.05) is 6.07 Å². The first-order valence-electron chi connectivity index (χ1n) is 21.6. The van der Waals surface area contributed by atoms with E-state index in [0.29, 0.717) is 0 Å². The predicted molar refractivity (Wildman–Crippen MR) is 264 cm³/mol. The van der Waals surface area contributed by atoms with Gasteiger partial charge < -0.3 is 4.90 Å². The molecule has 0 atom stereocenters. The second-order valence-corrected chi connectivity index (χ2v) is 16.7. The Morgan fingerprint density at radius 3 is 1.73 bits per heavy atom. The van der Waals surface area contributed by atoms with E-state index in [1.54, 1.807) is 0 Å². The van der Waals surface area contributed by atoms with Crippen LogP contribution in [0.25, 0.3) is 72.0 Å². The van der Waals surface area contributed by atoms with Gasteiger partial charge in [-0.3, -0.25) is 0 Å². The van der Waals surface area contributed by atoms with Crippen LogP contribution in [0.5, 0.6) is 0 Å². The highest BCUT2D eigenvalue weighted by Crippen LogP contribution is 2.55. The van der Waals surface area contributed by atoms with Gasteiger partial charge in [-0.25, -0.2) is 0 Å². The molecule has 1 nitrogen and oxygen atoms in total. The van der Waals surface area contributed by atoms with E-state index in [1.165, 1.54) is 66.4 Å². The molecule has 1 aliphatic carbocycles. The van der Waals surface area contributed by atoms with Crippen molar-refractivity contribution >= 4 is 33.4 Å². The van der Waals surface area contributed by atoms with Gasteiger partial charge in [0.1, 0.15) is 5.69 Å². The Kier molecular flexibility index (Phi) is 9.99. The average molecular weight is 794 g/mol. The van der Waals surface area contributed by atoms with E-state index in [0.717, 1.165) is 39.3 Å². The molecule has 0 saturated heterocycles. The van der Waals surface area contributed by atoms with E-state index in [-0.39, 0.29) is 5.41 Å². The summed E-state index contributed by atoms with van der Waals surface area (Å²) in [4.78, 5) is 2.42. The van der Waals surface area contributed by atoms with Gasteiger partial charge >= 0.3 is 0 Å². The minimum absolute atomic E-state index is 0.251. The van der Waals surface area contributed by atoms with Crippen LogP contribution in [0.2, 0.25) is 0 Å². The van der Waals surface area contributed by atoms with Crippen molar-refractivity contribution in [2.24, 2.45) is 0 Å². The van der Waals surface area contributed by atoms with Crippen LogP contribution in [-0.2, 0) is 5.41 Å². The first kappa shape index (κ1) is 38.5. The summed E-state index contributed by atoms with van der Waals surface area (Å²) in [7, 11) is 0. The maximum absolute atomic E-state index is 3.64. The quantitative estimate of drug-likeness (QED) is 0.132. The largest absolute Gasteiger partial charge is 0.302 e. The summed E-state index contributed by atoms with van der Waals surface area (Å²) in [5, 5.41) is 2.48. The second kappa shape index (κ2) is 16.1. The summed E-state index contributed by atoms with van der Waals surface area (Å²) >= 11 is 0. The fourth-order valence-electron chi connectivity index (χ4n) is 9.54. The lowest BCUT2D eigenvalue weighted by molar-refractivity contribution is 0.660. The molecule has 9 aromatic carbocycles. The Bertz CT molecular complexity index is 3130. The maximum Gasteiger partial charge on any atom is 0.105 e. The van der Waals surface area contributed by atoms with Crippen LogP contribution in [-0.4, -0.2) is 0 Å². The number of benzene rings is 8. The van der Waals surface area contributed by atoms with E-state index < -0.39 is 0 Å². The molecule has 0 spiro atoms. The monoisotopic (exact) mass is 793 g/mol. The highest BCUT2D eigenvalue weighted by molar-refractivity contribution is 6.07. The zero-order valence-electron chi connectivity index (χ0n) is 35.7. The van der Waals surface area contributed by atoms with Crippen LogP contribution >= 0.6 is 0 Å². The van der Waals surface area contributed by atoms with Crippen molar-refractivity contribution in [2.75, 3.05) is 4.90 Å². The molecule has 9 aromatic rings. The lowest BCUT2D eigenvalue weighted by atomic mass is 9.81. The number of anilines is 3. The molecule has 296 valence electrons. The molecule has 0 saturated carbocycles. The molecule has 0 amide bonds. The molecule has 0 radical (unpaired) electrons. The van der Waals surface area contributed by atoms with E-state index in [4.69, 9.17) is 0 Å². The van der Waals surface area contributed by atoms with Gasteiger partial charge in [0.05, 0.1) is 5.69 Å². The summed E-state index contributed by atoms with van der Waals surface area (Å²) in [6.07, 6.45) is 6.48. The van der Waals surface area contributed by atoms with E-state index >= 15 is 0 Å². The van der Waals surface area contributed by atoms with Crippen LogP contribution in [0.4, 0.5) is 17.1 Å². The SMILES string of the molecule is C/C=C\C=C(/C)c1cc2c(cc1N(c1ccc(-c3cccc4cccc(-c5ccccc5)c34)cc1)c1c#cccc1-c1ccccc1)C(C)(C)c1cccc(-c3ccccc3)c1-2. The summed E-state index contributed by atoms with van der Waals surface area (Å²) in [6, 6.07) is 77.5. The van der Waals surface area contributed by atoms with Crippen molar-refractivity contribution in [3.63, 3.8) is 0 Å². The van der Waals surface area contributed by atoms with Crippen molar-refractivity contribution in [3.8, 4) is 55.6 Å². The average Bonchev–Trinajstić information content (AvgIpc) is 3.56. The lowest BCUT2D eigenvalue weighted by Gasteiger charge is -2.31. The molecule has 62 heavy (non-hydrogen) atoms. The van der Waals surface area contributed by atoms with Gasteiger partial charge in [0.15, 0.2) is 0 Å². The normalized spacial score (nSPS) is 12.9. The van der Waals surface area contributed by atoms with E-state index in [9.17, 15) is 0 Å². The number of allylic oxidation sites excluding steroid dienone is 4. The molecule has 0 heterocycles. The first-order valence-corrected chi connectivity index (χ1v) is 21.6. The number of hydrogen-bond donors (Lipinski definition) is 0. The van der Waals surface area contributed by atoms with Crippen molar-refractivity contribution < 1.29 is 0 Å². The smallest absolute Gasteiger partial charge is 0.105 e. The van der Waals surface area contributed by atoms with Gasteiger partial charge in [-0.15, -0.1) is 0 Å². The van der Waals surface area contributed by atoms with Crippen molar-refractivity contribution in [2.45, 2.75) is 33.1 Å². The third-order valence-corrected chi connectivity index (χ3v) is 12.6. The van der Waals surface area contributed by atoms with Gasteiger partial charge in [0.2, 0.25) is 0 Å². The predicted octanol–water partition coefficient (Wildman–Crippen LogP) is 16.9. The van der Waals surface area contributed by atoms with Gasteiger partial charge in [-0.2, -0.15) is 0 Å². The molecule has 1 heteroatoms. The fourth-order valence-corrected chi connectivity index (χ4v) is 9.54. The Labute approximate surface area is 366 Å². The van der Waals surface area contributed by atoms with Gasteiger partial charge in [0, 0.05) is 22.2 Å². The van der Waals surface area contributed by atoms with Crippen molar-refractivity contribution in [3.05, 3.63) is 241 Å². The summed E-state index contributed by atoms with van der Waals surface area (Å²) < 4.78 is 0. The van der Waals surface area contributed by atoms with Crippen LogP contribution < -0.4 is 4.90 Å². The molecule has 10 rings (SSSR count). The highest BCUT2D eigenvalue weighted by atomic mass is 15.1. The molecule has 0 unspecified atom stereocenters. The maximum atomic E-state index is 3.64. The van der Waals surface area contributed by atoms with Crippen LogP contribution in [0.1, 0.15) is 44.4 Å². The van der Waals surface area contributed by atoms with Gasteiger partial charge in [-0.1, -0.05) is 196 Å². The first-order chi connectivity index (χ1) is 30.4. The number of hydrogen-bond acceptors (Lipinski definition) is 1. The zero-order valence-corrected chi connectivity index (χ0v) is 35.7. The Morgan fingerprint density at radius 2 is 1.10 bits per heavy atom. The number of nitrogens with zero attached hydrogens (tertiary/aromatic N) is 1. The van der Waals surface area contributed by atoms with Crippen LogP contribution in [0.15, 0.2) is 212 Å². The molecular formula is C61H47N. The standard InChI is InChI=1S/C61H47N/c1-5-6-21-42(2)53-40-54-56(61(3,4)55-34-20-33-52(60(54)55)45-26-14-9-15-27-45)41-58(53)62(57-35-17-16-30-49(57)43-22-10-7-11-23-43)48-38-36-46(37-39-48)51-32-19-29-47-28-18-31-50(59(47)51)44-24-12-8-13-25-44/h5-16,18-34,36-41H,1-4H3/b6-5-,42-21+. The van der Waals surface area contributed by atoms with Crippen LogP contribution in [0.3, 0.4) is 0 Å². The lowest BCUT2D eigenvalue weighted by Crippen LogP contribution is -2.18. The highest BCUT2D eigenvalue weighted by Gasteiger charge is 2.38.